The average Bonchev–Trinajstić information content (AvgIpc) is 1.61. The maximum atomic E-state index is 13.2. The van der Waals surface area contributed by atoms with Crippen molar-refractivity contribution in [1.82, 2.24) is 31.6 Å². The van der Waals surface area contributed by atoms with Crippen LogP contribution >= 0.6 is 0 Å². The minimum Gasteiger partial charge on any atom is -0.481 e. The van der Waals surface area contributed by atoms with Crippen LogP contribution in [-0.4, -0.2) is 297 Å². The zero-order chi connectivity index (χ0) is 82.8. The molecule has 3 aliphatic rings. The van der Waals surface area contributed by atoms with Gasteiger partial charge in [0.1, 0.15) is 36.3 Å². The van der Waals surface area contributed by atoms with Crippen LogP contribution in [0.2, 0.25) is 0 Å². The van der Waals surface area contributed by atoms with E-state index in [0.717, 1.165) is 32.6 Å². The summed E-state index contributed by atoms with van der Waals surface area (Å²) in [7, 11) is 1.59. The second kappa shape index (κ2) is 56.8. The van der Waals surface area contributed by atoms with E-state index in [9.17, 15) is 72.5 Å². The molecule has 2 aliphatic carbocycles. The van der Waals surface area contributed by atoms with Crippen LogP contribution in [0.25, 0.3) is 0 Å². The van der Waals surface area contributed by atoms with E-state index in [1.54, 1.807) is 41.7 Å². The molecule has 38 heteroatoms. The molecule has 5 unspecified atom stereocenters. The highest BCUT2D eigenvalue weighted by molar-refractivity contribution is 6.41. The number of esters is 2. The minimum absolute atomic E-state index is 0.0471. The van der Waals surface area contributed by atoms with Gasteiger partial charge in [-0.1, -0.05) is 12.1 Å². The van der Waals surface area contributed by atoms with E-state index in [4.69, 9.17) is 58.8 Å². The maximum Gasteiger partial charge on any atom is 0.407 e. The van der Waals surface area contributed by atoms with Gasteiger partial charge in [0.2, 0.25) is 23.6 Å². The predicted octanol–water partition coefficient (Wildman–Crippen LogP) is 1.23. The second-order valence-corrected chi connectivity index (χ2v) is 27.8. The molecule has 1 aliphatic heterocycles. The zero-order valence-corrected chi connectivity index (χ0v) is 66.4. The Kier molecular flexibility index (Phi) is 49.6. The van der Waals surface area contributed by atoms with Crippen LogP contribution in [0.5, 0.6) is 0 Å². The lowest BCUT2D eigenvalue weighted by Gasteiger charge is -2.27. The number of aliphatic hydroxyl groups excluding tert-OH is 1. The highest BCUT2D eigenvalue weighted by Gasteiger charge is 2.52. The molecule has 112 heavy (non-hydrogen) atoms. The predicted molar refractivity (Wildman–Crippen MR) is 405 cm³/mol. The van der Waals surface area contributed by atoms with Gasteiger partial charge in [-0.25, -0.2) is 9.59 Å². The molecule has 12 atom stereocenters. The number of alkyl carbamates (subject to hydrolysis) is 1. The normalized spacial score (nSPS) is 18.4. The number of ether oxygens (including phenoxy) is 10. The van der Waals surface area contributed by atoms with Crippen LogP contribution in [0.4, 0.5) is 4.79 Å². The molecule has 0 bridgehead atoms. The van der Waals surface area contributed by atoms with Gasteiger partial charge in [0.25, 0.3) is 0 Å². The summed E-state index contributed by atoms with van der Waals surface area (Å²) in [6.07, 6.45) is 2.66. The monoisotopic (exact) mass is 1590 g/mol. The third-order valence-electron chi connectivity index (χ3n) is 18.8. The van der Waals surface area contributed by atoms with Gasteiger partial charge in [0.05, 0.1) is 154 Å². The van der Waals surface area contributed by atoms with Gasteiger partial charge in [-0.2, -0.15) is 5.11 Å². The average molecular weight is 1590 g/mol. The number of rotatable bonds is 64. The van der Waals surface area contributed by atoms with Gasteiger partial charge in [0.15, 0.2) is 23.3 Å². The quantitative estimate of drug-likeness (QED) is 0.0136. The Balaban J connectivity index is 1.17. The summed E-state index contributed by atoms with van der Waals surface area (Å²) >= 11 is 0. The molecule has 0 aromatic carbocycles. The number of hydrogen-bond acceptors (Lipinski definition) is 30. The van der Waals surface area contributed by atoms with E-state index >= 15 is 0 Å². The van der Waals surface area contributed by atoms with Gasteiger partial charge < -0.3 is 95.6 Å². The standard InChI is InChI=1S/C74H123N13O25/c1-47(71(100)111-40-39-109-38-37-108-32-31-103-8)41-64(92)50(4)80-48(2)49(3)81-51(5)70(99)82-52(6)72(101)110-28-12-27-105-34-36-107-30-25-87-62-20-18-57-56(17-19-59(62)85-86-87)58(57)46-112-74(102)78-24-29-106-35-33-104-26-11-14-55(90)13-9-16-66(94)79-44-68(96)83-60(15-10-23-77-73(75)76)63(91)21-22-67(95)84-61(43-69(97)98)65(93)42-54(45-88)53(7)89/h47,50-52,54,56-62,88H,9-46H2,1-8H3,(H,78,102)(H,79,94)(H,82,99)(H,83,96)(H,84,95)(H,97,98)(H4,75,76,77)/t47-,50-,51-,52+,54-,56?,57?,58?,59?,60-,61-,62?/m0/s1. The SMILES string of the molecule is COCCOCCOCCOC(=O)[C@@H](C)CC(=O)[C@H](C)N=C(C)C(C)=N[C@@H](C)C(=O)N[C@H](C)C(=O)OCCCOCCOCCN1N=NC2CCC3C(CCC21)C3COC(=O)NCCOCCOCCCC(=O)CCCC(=O)NCC(=O)N[C@@H](CCCN=C(N)N)C(=O)CCC(=O)N[C@@H](CC(=O)O)C(=O)C[C@@H](CO)C(C)=O. The van der Waals surface area contributed by atoms with E-state index < -0.39 is 146 Å². The number of Topliss-reactive ketones (excluding diaryl/α,β-unsaturated/α-hetero) is 5. The maximum absolute atomic E-state index is 13.2. The molecule has 11 N–H and O–H groups in total. The number of amides is 5. The summed E-state index contributed by atoms with van der Waals surface area (Å²) in [5.74, 6) is -8.06. The lowest BCUT2D eigenvalue weighted by molar-refractivity contribution is -0.151. The van der Waals surface area contributed by atoms with Crippen LogP contribution in [0.3, 0.4) is 0 Å². The molecule has 0 radical (unpaired) electrons. The number of guanidine groups is 1. The lowest BCUT2D eigenvalue weighted by atomic mass is 9.93. The first-order chi connectivity index (χ1) is 53.5. The minimum atomic E-state index is -1.52. The Labute approximate surface area is 654 Å². The first kappa shape index (κ1) is 97.8. The topological polar surface area (TPSA) is 532 Å². The molecule has 0 aromatic rings. The van der Waals surface area contributed by atoms with Crippen molar-refractivity contribution in [2.45, 2.75) is 200 Å². The van der Waals surface area contributed by atoms with Gasteiger partial charge in [0, 0.05) is 90.7 Å². The third-order valence-corrected chi connectivity index (χ3v) is 18.8. The number of nitrogens with zero attached hydrogens (tertiary/aromatic N) is 6. The number of methoxy groups -OCH3 is 1. The fourth-order valence-corrected chi connectivity index (χ4v) is 12.1. The number of carboxylic acid groups (broad SMARTS) is 1. The smallest absolute Gasteiger partial charge is 0.407 e. The molecular weight excluding hydrogens is 1470 g/mol. The Bertz CT molecular complexity index is 3100. The number of ketones is 5. The number of carbonyl (C=O) groups excluding carboxylic acids is 12. The van der Waals surface area contributed by atoms with Gasteiger partial charge in [-0.05, 0) is 111 Å². The first-order valence-electron chi connectivity index (χ1n) is 38.6. The van der Waals surface area contributed by atoms with E-state index in [1.807, 2.05) is 5.01 Å². The molecule has 634 valence electrons. The van der Waals surface area contributed by atoms with Gasteiger partial charge in [-0.15, -0.1) is 0 Å². The van der Waals surface area contributed by atoms with Crippen LogP contribution in [0, 0.1) is 29.6 Å². The summed E-state index contributed by atoms with van der Waals surface area (Å²) in [5, 5.41) is 42.4. The van der Waals surface area contributed by atoms with Gasteiger partial charge >= 0.3 is 24.0 Å². The van der Waals surface area contributed by atoms with Crippen molar-refractivity contribution in [3.8, 4) is 0 Å². The number of aliphatic imine (C=N–C) groups is 3. The van der Waals surface area contributed by atoms with E-state index in [-0.39, 0.29) is 133 Å². The fraction of sp³-hybridized carbons (Fsp3) is 0.784. The van der Waals surface area contributed by atoms with E-state index in [1.165, 1.54) is 6.92 Å². The molecule has 3 rings (SSSR count). The second-order valence-electron chi connectivity index (χ2n) is 27.8. The van der Waals surface area contributed by atoms with E-state index in [0.29, 0.717) is 109 Å². The fourth-order valence-electron chi connectivity index (χ4n) is 12.1. The molecule has 0 saturated heterocycles. The molecule has 0 spiro atoms. The molecule has 5 amide bonds. The highest BCUT2D eigenvalue weighted by Crippen LogP contribution is 2.54. The van der Waals surface area contributed by atoms with E-state index in [2.05, 4.69) is 51.9 Å². The van der Waals surface area contributed by atoms with Crippen LogP contribution < -0.4 is 38.1 Å². The van der Waals surface area contributed by atoms with Gasteiger partial charge in [-0.3, -0.25) is 72.7 Å². The first-order valence-corrected chi connectivity index (χ1v) is 38.6. The number of aliphatic carboxylic acids is 1. The van der Waals surface area contributed by atoms with Crippen molar-refractivity contribution in [2.24, 2.45) is 66.4 Å². The summed E-state index contributed by atoms with van der Waals surface area (Å²) in [6.45, 7) is 15.5. The number of nitrogens with one attached hydrogen (secondary N) is 5. The molecule has 2 saturated carbocycles. The Morgan fingerprint density at radius 3 is 1.80 bits per heavy atom. The summed E-state index contributed by atoms with van der Waals surface area (Å²) < 4.78 is 54.4. The largest absolute Gasteiger partial charge is 0.481 e. The van der Waals surface area contributed by atoms with Crippen LogP contribution in [0.1, 0.15) is 158 Å². The van der Waals surface area contributed by atoms with Crippen molar-refractivity contribution in [3.05, 3.63) is 0 Å². The number of nitrogens with two attached hydrogens (primary N) is 2. The van der Waals surface area contributed by atoms with Crippen molar-refractivity contribution in [2.75, 3.05) is 146 Å². The highest BCUT2D eigenvalue weighted by atomic mass is 16.6. The zero-order valence-electron chi connectivity index (χ0n) is 66.4. The number of aliphatic hydroxyl groups is 1. The van der Waals surface area contributed by atoms with Crippen LogP contribution in [-0.2, 0) is 105 Å². The van der Waals surface area contributed by atoms with Crippen molar-refractivity contribution < 1.29 is 120 Å². The van der Waals surface area contributed by atoms with Crippen molar-refractivity contribution in [3.63, 3.8) is 0 Å². The Morgan fingerprint density at radius 2 is 1.15 bits per heavy atom. The lowest BCUT2D eigenvalue weighted by Crippen LogP contribution is -2.46. The molecule has 1 heterocycles. The van der Waals surface area contributed by atoms with Crippen molar-refractivity contribution >= 4 is 93.9 Å². The summed E-state index contributed by atoms with van der Waals surface area (Å²) in [5.41, 5.74) is 11.6. The summed E-state index contributed by atoms with van der Waals surface area (Å²) in [6, 6.07) is -4.98. The Hall–Kier alpha value is -8.40. The number of fused-ring (bicyclic) bond motifs is 2. The molecular formula is C74H123N13O25. The molecule has 38 nitrogen and oxygen atoms in total. The number of carbonyl (C=O) groups is 13. The third kappa shape index (κ3) is 42.5. The number of hydrogen-bond donors (Lipinski definition) is 9. The molecule has 0 aromatic heterocycles. The number of carboxylic acids is 1. The van der Waals surface area contributed by atoms with Crippen molar-refractivity contribution in [1.29, 1.82) is 0 Å². The molecule has 2 fully saturated rings. The summed E-state index contributed by atoms with van der Waals surface area (Å²) in [4.78, 5) is 176. The Morgan fingerprint density at radius 1 is 0.554 bits per heavy atom. The van der Waals surface area contributed by atoms with Crippen LogP contribution in [0.15, 0.2) is 25.3 Å².